The molecular weight excluding hydrogens is 220 g/mol. The van der Waals surface area contributed by atoms with Crippen molar-refractivity contribution in [2.45, 2.75) is 39.2 Å². The van der Waals surface area contributed by atoms with E-state index >= 15 is 0 Å². The first-order valence-electron chi connectivity index (χ1n) is 7.31. The smallest absolute Gasteiger partial charge is 0.0366 e. The Labute approximate surface area is 110 Å². The van der Waals surface area contributed by atoms with Crippen LogP contribution in [0.4, 0.5) is 5.69 Å². The van der Waals surface area contributed by atoms with Crippen molar-refractivity contribution >= 4 is 5.69 Å². The van der Waals surface area contributed by atoms with E-state index in [9.17, 15) is 0 Å². The van der Waals surface area contributed by atoms with Crippen LogP contribution in [0.25, 0.3) is 0 Å². The van der Waals surface area contributed by atoms with Crippen molar-refractivity contribution in [3.05, 3.63) is 29.8 Å². The van der Waals surface area contributed by atoms with E-state index < -0.39 is 0 Å². The molecule has 98 valence electrons. The predicted molar refractivity (Wildman–Crippen MR) is 77.0 cm³/mol. The van der Waals surface area contributed by atoms with E-state index in [1.165, 1.54) is 43.6 Å². The lowest BCUT2D eigenvalue weighted by molar-refractivity contribution is 0.387. The molecule has 0 aromatic heterocycles. The van der Waals surface area contributed by atoms with Gasteiger partial charge in [0.05, 0.1) is 0 Å². The van der Waals surface area contributed by atoms with Crippen LogP contribution < -0.4 is 10.2 Å². The summed E-state index contributed by atoms with van der Waals surface area (Å²) >= 11 is 0. The summed E-state index contributed by atoms with van der Waals surface area (Å²) in [4.78, 5) is 2.51. The maximum absolute atomic E-state index is 3.53. The fraction of sp³-hybridized carbons (Fsp3) is 0.625. The van der Waals surface area contributed by atoms with Crippen LogP contribution >= 0.6 is 0 Å². The molecule has 1 aliphatic heterocycles. The molecule has 1 spiro atoms. The SMILES string of the molecule is CCCNC(C)c1ccc(N2CC3(CC3)C2)cc1. The third-order valence-corrected chi connectivity index (χ3v) is 4.47. The van der Waals surface area contributed by atoms with Crippen LogP contribution in [0, 0.1) is 5.41 Å². The number of nitrogens with one attached hydrogen (secondary N) is 1. The summed E-state index contributed by atoms with van der Waals surface area (Å²) in [6, 6.07) is 9.59. The van der Waals surface area contributed by atoms with Crippen LogP contribution in [-0.2, 0) is 0 Å². The Kier molecular flexibility index (Phi) is 3.06. The Morgan fingerprint density at radius 3 is 2.44 bits per heavy atom. The summed E-state index contributed by atoms with van der Waals surface area (Å²) in [5.41, 5.74) is 3.54. The summed E-state index contributed by atoms with van der Waals surface area (Å²) in [5.74, 6) is 0. The van der Waals surface area contributed by atoms with Crippen molar-refractivity contribution < 1.29 is 0 Å². The zero-order chi connectivity index (χ0) is 12.6. The van der Waals surface area contributed by atoms with Crippen molar-refractivity contribution in [1.29, 1.82) is 0 Å². The van der Waals surface area contributed by atoms with Crippen molar-refractivity contribution in [2.24, 2.45) is 5.41 Å². The topological polar surface area (TPSA) is 15.3 Å². The Morgan fingerprint density at radius 1 is 1.22 bits per heavy atom. The molecular formula is C16H24N2. The normalized spacial score (nSPS) is 21.8. The van der Waals surface area contributed by atoms with Crippen LogP contribution in [0.1, 0.15) is 44.7 Å². The van der Waals surface area contributed by atoms with Crippen LogP contribution in [-0.4, -0.2) is 19.6 Å². The third-order valence-electron chi connectivity index (χ3n) is 4.47. The van der Waals surface area contributed by atoms with Crippen molar-refractivity contribution in [3.63, 3.8) is 0 Å². The lowest BCUT2D eigenvalue weighted by atomic mass is 9.95. The maximum Gasteiger partial charge on any atom is 0.0366 e. The fourth-order valence-corrected chi connectivity index (χ4v) is 2.89. The Morgan fingerprint density at radius 2 is 1.89 bits per heavy atom. The van der Waals surface area contributed by atoms with E-state index in [0.29, 0.717) is 6.04 Å². The van der Waals surface area contributed by atoms with Crippen LogP contribution in [0.2, 0.25) is 0 Å². The average molecular weight is 244 g/mol. The quantitative estimate of drug-likeness (QED) is 0.854. The highest BCUT2D eigenvalue weighted by molar-refractivity contribution is 5.52. The van der Waals surface area contributed by atoms with Crippen molar-refractivity contribution in [2.75, 3.05) is 24.5 Å². The van der Waals surface area contributed by atoms with Gasteiger partial charge >= 0.3 is 0 Å². The Bertz CT molecular complexity index is 398. The lowest BCUT2D eigenvalue weighted by Gasteiger charge is -2.42. The van der Waals surface area contributed by atoms with Gasteiger partial charge in [0.25, 0.3) is 0 Å². The second kappa shape index (κ2) is 4.58. The lowest BCUT2D eigenvalue weighted by Crippen LogP contribution is -2.48. The number of hydrogen-bond acceptors (Lipinski definition) is 2. The van der Waals surface area contributed by atoms with E-state index in [1.54, 1.807) is 0 Å². The average Bonchev–Trinajstić information content (AvgIpc) is 3.15. The van der Waals surface area contributed by atoms with Gasteiger partial charge in [-0.1, -0.05) is 19.1 Å². The molecule has 1 saturated carbocycles. The van der Waals surface area contributed by atoms with E-state index in [4.69, 9.17) is 0 Å². The molecule has 2 fully saturated rings. The minimum atomic E-state index is 0.463. The van der Waals surface area contributed by atoms with Crippen molar-refractivity contribution in [1.82, 2.24) is 5.32 Å². The van der Waals surface area contributed by atoms with Crippen LogP contribution in [0.15, 0.2) is 24.3 Å². The molecule has 2 aliphatic rings. The van der Waals surface area contributed by atoms with Crippen LogP contribution in [0.3, 0.4) is 0 Å². The molecule has 2 heteroatoms. The molecule has 1 aromatic rings. The summed E-state index contributed by atoms with van der Waals surface area (Å²) in [5, 5.41) is 3.53. The van der Waals surface area contributed by atoms with E-state index in [0.717, 1.165) is 12.0 Å². The van der Waals surface area contributed by atoms with Gasteiger partial charge in [-0.3, -0.25) is 0 Å². The molecule has 1 aromatic carbocycles. The van der Waals surface area contributed by atoms with Crippen molar-refractivity contribution in [3.8, 4) is 0 Å². The first kappa shape index (κ1) is 12.0. The van der Waals surface area contributed by atoms with E-state index in [-0.39, 0.29) is 0 Å². The summed E-state index contributed by atoms with van der Waals surface area (Å²) in [7, 11) is 0. The predicted octanol–water partition coefficient (Wildman–Crippen LogP) is 3.35. The maximum atomic E-state index is 3.53. The Balaban J connectivity index is 1.58. The standard InChI is InChI=1S/C16H24N2/c1-3-10-17-13(2)14-4-6-15(7-5-14)18-11-16(12-18)8-9-16/h4-7,13,17H,3,8-12H2,1-2H3. The Hall–Kier alpha value is -1.02. The first-order chi connectivity index (χ1) is 8.72. The van der Waals surface area contributed by atoms with Gasteiger partial charge in [-0.25, -0.2) is 0 Å². The van der Waals surface area contributed by atoms with Gasteiger partial charge in [-0.05, 0) is 50.4 Å². The number of anilines is 1. The highest BCUT2D eigenvalue weighted by Gasteiger charge is 2.52. The van der Waals surface area contributed by atoms with Gasteiger partial charge in [0.1, 0.15) is 0 Å². The largest absolute Gasteiger partial charge is 0.370 e. The second-order valence-electron chi connectivity index (χ2n) is 6.12. The van der Waals surface area contributed by atoms with Gasteiger partial charge in [0, 0.05) is 30.2 Å². The second-order valence-corrected chi connectivity index (χ2v) is 6.12. The molecule has 1 N–H and O–H groups in total. The van der Waals surface area contributed by atoms with Gasteiger partial charge < -0.3 is 10.2 Å². The minimum absolute atomic E-state index is 0.463. The molecule has 0 bridgehead atoms. The fourth-order valence-electron chi connectivity index (χ4n) is 2.89. The van der Waals surface area contributed by atoms with E-state index in [2.05, 4.69) is 48.3 Å². The van der Waals surface area contributed by atoms with Gasteiger partial charge in [-0.15, -0.1) is 0 Å². The number of nitrogens with zero attached hydrogens (tertiary/aromatic N) is 1. The number of rotatable bonds is 5. The summed E-state index contributed by atoms with van der Waals surface area (Å²) in [6.07, 6.45) is 4.11. The monoisotopic (exact) mass is 244 g/mol. The molecule has 3 rings (SSSR count). The highest BCUT2D eigenvalue weighted by atomic mass is 15.2. The van der Waals surface area contributed by atoms with Crippen LogP contribution in [0.5, 0.6) is 0 Å². The van der Waals surface area contributed by atoms with Gasteiger partial charge in [-0.2, -0.15) is 0 Å². The minimum Gasteiger partial charge on any atom is -0.370 e. The third kappa shape index (κ3) is 2.26. The summed E-state index contributed by atoms with van der Waals surface area (Å²) in [6.45, 7) is 8.12. The molecule has 1 atom stereocenters. The molecule has 1 heterocycles. The van der Waals surface area contributed by atoms with Gasteiger partial charge in [0.15, 0.2) is 0 Å². The summed E-state index contributed by atoms with van der Waals surface area (Å²) < 4.78 is 0. The molecule has 18 heavy (non-hydrogen) atoms. The molecule has 2 nitrogen and oxygen atoms in total. The zero-order valence-corrected chi connectivity index (χ0v) is 11.6. The first-order valence-corrected chi connectivity index (χ1v) is 7.31. The molecule has 0 radical (unpaired) electrons. The number of benzene rings is 1. The molecule has 0 amide bonds. The van der Waals surface area contributed by atoms with Gasteiger partial charge in [0.2, 0.25) is 0 Å². The highest BCUT2D eigenvalue weighted by Crippen LogP contribution is 2.53. The molecule has 1 unspecified atom stereocenters. The van der Waals surface area contributed by atoms with E-state index in [1.807, 2.05) is 0 Å². The molecule has 1 aliphatic carbocycles. The number of hydrogen-bond donors (Lipinski definition) is 1. The molecule has 1 saturated heterocycles. The zero-order valence-electron chi connectivity index (χ0n) is 11.6.